The summed E-state index contributed by atoms with van der Waals surface area (Å²) in [5, 5.41) is 9.31. The summed E-state index contributed by atoms with van der Waals surface area (Å²) >= 11 is 0. The Bertz CT molecular complexity index is 1400. The summed E-state index contributed by atoms with van der Waals surface area (Å²) in [5.74, 6) is -0.791. The van der Waals surface area contributed by atoms with Crippen molar-refractivity contribution in [1.29, 1.82) is 0 Å². The Morgan fingerprint density at radius 3 is 2.34 bits per heavy atom. The lowest BCUT2D eigenvalue weighted by molar-refractivity contribution is -0.140. The van der Waals surface area contributed by atoms with E-state index in [2.05, 4.69) is 22.6 Å². The summed E-state index contributed by atoms with van der Waals surface area (Å²) in [6, 6.07) is 15.4. The third kappa shape index (κ3) is 3.41. The van der Waals surface area contributed by atoms with Gasteiger partial charge in [-0.25, -0.2) is 0 Å². The summed E-state index contributed by atoms with van der Waals surface area (Å²) in [5.41, 5.74) is 4.40. The number of allylic oxidation sites excluding steroid dienone is 2. The first-order valence-electron chi connectivity index (χ1n) is 12.0. The summed E-state index contributed by atoms with van der Waals surface area (Å²) in [4.78, 5) is 38.8. The molecule has 4 atom stereocenters. The highest BCUT2D eigenvalue weighted by molar-refractivity contribution is 6.08. The molecule has 6 rings (SSSR count). The minimum Gasteiger partial charge on any atom is -0.335 e. The lowest BCUT2D eigenvalue weighted by atomic mass is 9.85. The van der Waals surface area contributed by atoms with Crippen molar-refractivity contribution in [3.63, 3.8) is 0 Å². The first-order chi connectivity index (χ1) is 16.9. The number of hydrazone groups is 1. The average molecular weight is 467 g/mol. The largest absolute Gasteiger partial charge is 0.335 e. The van der Waals surface area contributed by atoms with E-state index < -0.39 is 0 Å². The highest BCUT2D eigenvalue weighted by Gasteiger charge is 2.59. The molecule has 1 saturated carbocycles. The van der Waals surface area contributed by atoms with E-state index >= 15 is 0 Å². The number of hydrogen-bond acceptors (Lipinski definition) is 4. The molecule has 1 saturated heterocycles. The molecule has 1 N–H and O–H groups in total. The number of amides is 3. The smallest absolute Gasteiger partial charge is 0.254 e. The number of carbonyl (C=O) groups excluding carboxylic acids is 3. The van der Waals surface area contributed by atoms with E-state index in [4.69, 9.17) is 0 Å². The molecule has 3 aliphatic rings. The van der Waals surface area contributed by atoms with Gasteiger partial charge in [0.25, 0.3) is 11.8 Å². The fourth-order valence-electron chi connectivity index (χ4n) is 5.92. The van der Waals surface area contributed by atoms with Crippen LogP contribution in [-0.4, -0.2) is 33.5 Å². The Morgan fingerprint density at radius 2 is 1.66 bits per heavy atom. The number of para-hydroxylation sites is 1. The highest BCUT2D eigenvalue weighted by Crippen LogP contribution is 2.52. The van der Waals surface area contributed by atoms with Gasteiger partial charge in [-0.1, -0.05) is 48.0 Å². The Hall–Kier alpha value is -4.00. The van der Waals surface area contributed by atoms with Gasteiger partial charge >= 0.3 is 0 Å². The van der Waals surface area contributed by atoms with Crippen LogP contribution in [0.3, 0.4) is 0 Å². The van der Waals surface area contributed by atoms with Crippen LogP contribution in [-0.2, 0) is 20.9 Å². The van der Waals surface area contributed by atoms with Crippen molar-refractivity contribution in [2.75, 3.05) is 5.32 Å². The van der Waals surface area contributed by atoms with E-state index in [1.807, 2.05) is 66.9 Å². The molecule has 0 spiro atoms. The third-order valence-corrected chi connectivity index (χ3v) is 7.67. The molecule has 1 aromatic heterocycles. The summed E-state index contributed by atoms with van der Waals surface area (Å²) in [7, 11) is 0. The van der Waals surface area contributed by atoms with Crippen molar-refractivity contribution in [3.8, 4) is 0 Å². The van der Waals surface area contributed by atoms with Crippen molar-refractivity contribution in [2.24, 2.45) is 28.8 Å². The maximum atomic E-state index is 13.0. The quantitative estimate of drug-likeness (QED) is 0.350. The second-order valence-electron chi connectivity index (χ2n) is 9.75. The van der Waals surface area contributed by atoms with Gasteiger partial charge in [0.2, 0.25) is 5.91 Å². The van der Waals surface area contributed by atoms with Gasteiger partial charge in [0.05, 0.1) is 18.1 Å². The van der Waals surface area contributed by atoms with Crippen molar-refractivity contribution in [3.05, 3.63) is 77.5 Å². The van der Waals surface area contributed by atoms with E-state index in [1.165, 1.54) is 0 Å². The van der Waals surface area contributed by atoms with Crippen LogP contribution in [0, 0.1) is 37.5 Å². The van der Waals surface area contributed by atoms with Gasteiger partial charge in [-0.15, -0.1) is 0 Å². The Morgan fingerprint density at radius 1 is 1.00 bits per heavy atom. The molecule has 2 fully saturated rings. The van der Waals surface area contributed by atoms with Crippen LogP contribution in [0.15, 0.2) is 65.8 Å². The predicted octanol–water partition coefficient (Wildman–Crippen LogP) is 4.04. The second kappa shape index (κ2) is 8.05. The first kappa shape index (κ1) is 21.5. The molecule has 7 nitrogen and oxygen atoms in total. The van der Waals surface area contributed by atoms with Crippen LogP contribution in [0.25, 0.3) is 10.9 Å². The molecule has 2 aromatic carbocycles. The lowest BCUT2D eigenvalue weighted by Crippen LogP contribution is -2.28. The molecule has 0 radical (unpaired) electrons. The van der Waals surface area contributed by atoms with Crippen molar-refractivity contribution in [2.45, 2.75) is 26.8 Å². The van der Waals surface area contributed by atoms with Gasteiger partial charge in [-0.3, -0.25) is 14.4 Å². The minimum absolute atomic E-state index is 0.134. The standard InChI is InChI=1S/C28H26N4O3/c1-16-7-11-20(12-8-16)30-24(33)15-31-17(2)22(21-5-3-4-6-23(21)31)14-29-32-27(34)25-18-9-10-19(13-18)26(25)28(32)35/h3-12,14,18-19,25-26H,13,15H2,1-2H3,(H,30,33). The SMILES string of the molecule is Cc1ccc(NC(=O)Cn2c(C)c(C=NN3C(=O)C4C5C=CC(C5)C4C3=O)c3ccccc32)cc1. The molecule has 2 bridgehead atoms. The molecular formula is C28H26N4O3. The van der Waals surface area contributed by atoms with Gasteiger partial charge in [0.1, 0.15) is 6.54 Å². The number of fused-ring (bicyclic) bond motifs is 6. The van der Waals surface area contributed by atoms with E-state index in [9.17, 15) is 14.4 Å². The Balaban J connectivity index is 1.28. The second-order valence-corrected chi connectivity index (χ2v) is 9.75. The maximum absolute atomic E-state index is 13.0. The number of anilines is 1. The van der Waals surface area contributed by atoms with Gasteiger partial charge in [-0.2, -0.15) is 10.1 Å². The van der Waals surface area contributed by atoms with Crippen LogP contribution in [0.4, 0.5) is 5.69 Å². The molecule has 7 heteroatoms. The fraction of sp³-hybridized carbons (Fsp3) is 0.286. The van der Waals surface area contributed by atoms with Crippen molar-refractivity contribution < 1.29 is 14.4 Å². The normalized spacial score (nSPS) is 24.8. The van der Waals surface area contributed by atoms with E-state index in [0.29, 0.717) is 0 Å². The average Bonchev–Trinajstić information content (AvgIpc) is 3.59. The van der Waals surface area contributed by atoms with Gasteiger partial charge in [0.15, 0.2) is 0 Å². The van der Waals surface area contributed by atoms with E-state index in [-0.39, 0.29) is 47.9 Å². The molecule has 35 heavy (non-hydrogen) atoms. The number of nitrogens with one attached hydrogen (secondary N) is 1. The molecule has 1 aliphatic heterocycles. The monoisotopic (exact) mass is 466 g/mol. The number of nitrogens with zero attached hydrogens (tertiary/aromatic N) is 3. The summed E-state index contributed by atoms with van der Waals surface area (Å²) in [6.45, 7) is 4.06. The molecule has 3 amide bonds. The third-order valence-electron chi connectivity index (χ3n) is 7.67. The minimum atomic E-state index is -0.275. The molecule has 2 aliphatic carbocycles. The van der Waals surface area contributed by atoms with Crippen LogP contribution < -0.4 is 5.32 Å². The van der Waals surface area contributed by atoms with Crippen LogP contribution in [0.5, 0.6) is 0 Å². The van der Waals surface area contributed by atoms with Crippen molar-refractivity contribution >= 4 is 40.5 Å². The van der Waals surface area contributed by atoms with Gasteiger partial charge in [-0.05, 0) is 50.3 Å². The lowest BCUT2D eigenvalue weighted by Gasteiger charge is -2.13. The molecule has 4 unspecified atom stereocenters. The number of carbonyl (C=O) groups is 3. The Labute approximate surface area is 203 Å². The zero-order valence-electron chi connectivity index (χ0n) is 19.6. The number of hydrogen-bond donors (Lipinski definition) is 1. The fourth-order valence-corrected chi connectivity index (χ4v) is 5.92. The van der Waals surface area contributed by atoms with Gasteiger partial charge < -0.3 is 9.88 Å². The molecular weight excluding hydrogens is 440 g/mol. The van der Waals surface area contributed by atoms with Crippen molar-refractivity contribution in [1.82, 2.24) is 9.58 Å². The zero-order chi connectivity index (χ0) is 24.3. The number of aryl methyl sites for hydroxylation is 1. The van der Waals surface area contributed by atoms with Gasteiger partial charge in [0, 0.05) is 27.8 Å². The zero-order valence-corrected chi connectivity index (χ0v) is 19.6. The van der Waals surface area contributed by atoms with Crippen LogP contribution >= 0.6 is 0 Å². The number of aromatic nitrogens is 1. The maximum Gasteiger partial charge on any atom is 0.254 e. The summed E-state index contributed by atoms with van der Waals surface area (Å²) < 4.78 is 1.94. The number of imide groups is 1. The number of benzene rings is 2. The summed E-state index contributed by atoms with van der Waals surface area (Å²) in [6.07, 6.45) is 6.63. The van der Waals surface area contributed by atoms with E-state index in [0.717, 1.165) is 44.8 Å². The Kier molecular flexibility index (Phi) is 4.95. The molecule has 176 valence electrons. The highest BCUT2D eigenvalue weighted by atomic mass is 16.2. The topological polar surface area (TPSA) is 83.8 Å². The van der Waals surface area contributed by atoms with Crippen LogP contribution in [0.1, 0.15) is 23.2 Å². The number of rotatable bonds is 5. The molecule has 3 aromatic rings. The van der Waals surface area contributed by atoms with E-state index in [1.54, 1.807) is 6.21 Å². The van der Waals surface area contributed by atoms with Crippen LogP contribution in [0.2, 0.25) is 0 Å². The molecule has 2 heterocycles. The first-order valence-corrected chi connectivity index (χ1v) is 12.0. The predicted molar refractivity (Wildman–Crippen MR) is 134 cm³/mol.